The zero-order chi connectivity index (χ0) is 28.0. The van der Waals surface area contributed by atoms with Crippen molar-refractivity contribution in [2.75, 3.05) is 23.7 Å². The van der Waals surface area contributed by atoms with E-state index in [0.29, 0.717) is 12.5 Å². The van der Waals surface area contributed by atoms with Crippen LogP contribution in [-0.2, 0) is 26.0 Å². The Morgan fingerprint density at radius 1 is 1.11 bits per heavy atom. The number of esters is 1. The summed E-state index contributed by atoms with van der Waals surface area (Å²) in [5.74, 6) is 0.681. The van der Waals surface area contributed by atoms with E-state index in [0.717, 1.165) is 70.3 Å². The third-order valence-corrected chi connectivity index (χ3v) is 9.44. The van der Waals surface area contributed by atoms with Gasteiger partial charge in [0.15, 0.2) is 0 Å². The highest BCUT2D eigenvalue weighted by molar-refractivity contribution is 7.92. The maximum atomic E-state index is 13.2. The number of carbonyl (C=O) groups is 1. The Hall–Kier alpha value is -2.38. The van der Waals surface area contributed by atoms with E-state index in [1.807, 2.05) is 13.8 Å². The molecule has 0 amide bonds. The van der Waals surface area contributed by atoms with Crippen LogP contribution in [0.5, 0.6) is 0 Å². The van der Waals surface area contributed by atoms with Gasteiger partial charge in [-0.2, -0.15) is 0 Å². The number of sulfonamides is 1. The molecular formula is C31H43NO5S. The molecule has 3 atom stereocenters. The quantitative estimate of drug-likeness (QED) is 0.466. The van der Waals surface area contributed by atoms with Gasteiger partial charge in [-0.05, 0) is 98.6 Å². The molecule has 1 saturated carbocycles. The zero-order valence-electron chi connectivity index (χ0n) is 23.9. The Kier molecular flexibility index (Phi) is 8.02. The summed E-state index contributed by atoms with van der Waals surface area (Å²) in [6.45, 7) is 12.0. The molecule has 208 valence electrons. The number of hydrogen-bond acceptors (Lipinski definition) is 5. The molecule has 2 aromatic rings. The first-order valence-corrected chi connectivity index (χ1v) is 15.6. The molecule has 1 aliphatic heterocycles. The summed E-state index contributed by atoms with van der Waals surface area (Å²) >= 11 is 0. The number of ether oxygens (including phenoxy) is 1. The average Bonchev–Trinajstić information content (AvgIpc) is 3.00. The smallest absolute Gasteiger partial charge is 0.310 e. The van der Waals surface area contributed by atoms with Gasteiger partial charge in [0, 0.05) is 6.54 Å². The topological polar surface area (TPSA) is 83.9 Å². The number of fused-ring (bicyclic) bond motifs is 3. The van der Waals surface area contributed by atoms with Crippen LogP contribution < -0.4 is 4.31 Å². The van der Waals surface area contributed by atoms with Crippen LogP contribution >= 0.6 is 0 Å². The Balaban J connectivity index is 1.97. The number of carbonyl (C=O) groups excluding carboxylic acids is 1. The second-order valence-electron chi connectivity index (χ2n) is 12.3. The lowest BCUT2D eigenvalue weighted by Gasteiger charge is -2.43. The highest BCUT2D eigenvalue weighted by Gasteiger charge is 2.42. The minimum absolute atomic E-state index is 0.00133. The Morgan fingerprint density at radius 2 is 1.76 bits per heavy atom. The molecule has 0 aromatic heterocycles. The molecule has 1 aliphatic carbocycles. The molecular weight excluding hydrogens is 498 g/mol. The van der Waals surface area contributed by atoms with Gasteiger partial charge in [0.1, 0.15) is 6.61 Å². The normalized spacial score (nSPS) is 21.9. The van der Waals surface area contributed by atoms with Crippen molar-refractivity contribution < 1.29 is 23.1 Å². The first kappa shape index (κ1) is 28.6. The third-order valence-electron chi connectivity index (χ3n) is 8.31. The first-order chi connectivity index (χ1) is 17.7. The van der Waals surface area contributed by atoms with Gasteiger partial charge in [-0.1, -0.05) is 49.6 Å². The number of hydrogen-bond donors (Lipinski definition) is 1. The van der Waals surface area contributed by atoms with Gasteiger partial charge in [-0.25, -0.2) is 8.42 Å². The van der Waals surface area contributed by atoms with E-state index in [4.69, 9.17) is 4.74 Å². The fraction of sp³-hybridized carbons (Fsp3) is 0.581. The molecule has 0 spiro atoms. The molecule has 1 fully saturated rings. The molecule has 0 radical (unpaired) electrons. The number of benzene rings is 2. The molecule has 1 heterocycles. The van der Waals surface area contributed by atoms with Crippen molar-refractivity contribution in [2.45, 2.75) is 85.2 Å². The van der Waals surface area contributed by atoms with Crippen LogP contribution in [0.15, 0.2) is 24.3 Å². The van der Waals surface area contributed by atoms with Crippen LogP contribution in [-0.4, -0.2) is 44.5 Å². The van der Waals surface area contributed by atoms with Gasteiger partial charge in [-0.3, -0.25) is 9.10 Å². The largest absolute Gasteiger partial charge is 0.462 e. The SMILES string of the molecule is Cc1ccc(-c2c(C)c3c(c(C)c2CC(=O)OCC(C)(C)O)N(S(C)(=O)=O)CC2CCCC(C)CC32)cc1. The maximum Gasteiger partial charge on any atom is 0.310 e. The molecule has 0 saturated heterocycles. The Bertz CT molecular complexity index is 1310. The predicted octanol–water partition coefficient (Wildman–Crippen LogP) is 5.82. The molecule has 0 bridgehead atoms. The summed E-state index contributed by atoms with van der Waals surface area (Å²) < 4.78 is 33.4. The van der Waals surface area contributed by atoms with Crippen molar-refractivity contribution in [3.63, 3.8) is 0 Å². The molecule has 38 heavy (non-hydrogen) atoms. The van der Waals surface area contributed by atoms with Crippen LogP contribution in [0.3, 0.4) is 0 Å². The molecule has 2 aromatic carbocycles. The van der Waals surface area contributed by atoms with Crippen molar-refractivity contribution in [3.8, 4) is 11.1 Å². The fourth-order valence-corrected chi connectivity index (χ4v) is 7.51. The van der Waals surface area contributed by atoms with Crippen LogP contribution in [0, 0.1) is 32.6 Å². The average molecular weight is 542 g/mol. The fourth-order valence-electron chi connectivity index (χ4n) is 6.48. The highest BCUT2D eigenvalue weighted by atomic mass is 32.2. The van der Waals surface area contributed by atoms with Gasteiger partial charge >= 0.3 is 5.97 Å². The summed E-state index contributed by atoms with van der Waals surface area (Å²) in [6.07, 6.45) is 5.62. The van der Waals surface area contributed by atoms with E-state index in [2.05, 4.69) is 38.1 Å². The van der Waals surface area contributed by atoms with Crippen LogP contribution in [0.25, 0.3) is 11.1 Å². The van der Waals surface area contributed by atoms with E-state index in [1.165, 1.54) is 6.26 Å². The number of aliphatic hydroxyl groups is 1. The van der Waals surface area contributed by atoms with Crippen molar-refractivity contribution in [1.29, 1.82) is 0 Å². The molecule has 2 aliphatic rings. The maximum absolute atomic E-state index is 13.2. The standard InChI is InChI=1S/C31H43NO5S/c1-19-11-13-23(14-12-19)28-22(4)29-26-15-20(2)9-8-10-24(26)17-32(38(7,35)36)30(29)21(3)25(28)16-27(33)37-18-31(5,6)34/h11-14,20,24,26,34H,8-10,15-18H2,1-7H3. The van der Waals surface area contributed by atoms with Gasteiger partial charge in [-0.15, -0.1) is 0 Å². The predicted molar refractivity (Wildman–Crippen MR) is 153 cm³/mol. The molecule has 7 heteroatoms. The van der Waals surface area contributed by atoms with Crippen LogP contribution in [0.1, 0.15) is 80.2 Å². The van der Waals surface area contributed by atoms with Crippen molar-refractivity contribution in [3.05, 3.63) is 52.1 Å². The summed E-state index contributed by atoms with van der Waals surface area (Å²) in [4.78, 5) is 13.1. The number of anilines is 1. The van der Waals surface area contributed by atoms with Crippen molar-refractivity contribution in [2.24, 2.45) is 11.8 Å². The Labute approximate surface area is 228 Å². The van der Waals surface area contributed by atoms with Gasteiger partial charge in [0.05, 0.1) is 24.0 Å². The van der Waals surface area contributed by atoms with Gasteiger partial charge in [0.2, 0.25) is 10.0 Å². The minimum Gasteiger partial charge on any atom is -0.462 e. The monoisotopic (exact) mass is 541 g/mol. The second-order valence-corrected chi connectivity index (χ2v) is 14.2. The first-order valence-electron chi connectivity index (χ1n) is 13.8. The van der Waals surface area contributed by atoms with E-state index in [-0.39, 0.29) is 24.9 Å². The molecule has 1 N–H and O–H groups in total. The lowest BCUT2D eigenvalue weighted by Crippen LogP contribution is -2.42. The number of nitrogens with zero attached hydrogens (tertiary/aromatic N) is 1. The molecule has 6 nitrogen and oxygen atoms in total. The zero-order valence-corrected chi connectivity index (χ0v) is 24.7. The second kappa shape index (κ2) is 10.6. The van der Waals surface area contributed by atoms with Crippen LogP contribution in [0.2, 0.25) is 0 Å². The van der Waals surface area contributed by atoms with Gasteiger partial charge in [0.25, 0.3) is 0 Å². The summed E-state index contributed by atoms with van der Waals surface area (Å²) in [6, 6.07) is 8.30. The number of rotatable bonds is 6. The summed E-state index contributed by atoms with van der Waals surface area (Å²) in [7, 11) is -3.53. The summed E-state index contributed by atoms with van der Waals surface area (Å²) in [5, 5.41) is 10.1. The van der Waals surface area contributed by atoms with E-state index < -0.39 is 21.6 Å². The van der Waals surface area contributed by atoms with E-state index in [1.54, 1.807) is 18.2 Å². The number of aryl methyl sites for hydroxylation is 1. The highest BCUT2D eigenvalue weighted by Crippen LogP contribution is 2.52. The Morgan fingerprint density at radius 3 is 2.37 bits per heavy atom. The van der Waals surface area contributed by atoms with Crippen molar-refractivity contribution in [1.82, 2.24) is 0 Å². The van der Waals surface area contributed by atoms with Gasteiger partial charge < -0.3 is 9.84 Å². The summed E-state index contributed by atoms with van der Waals surface area (Å²) in [5.41, 5.74) is 6.57. The van der Waals surface area contributed by atoms with E-state index in [9.17, 15) is 18.3 Å². The van der Waals surface area contributed by atoms with Crippen LogP contribution in [0.4, 0.5) is 5.69 Å². The van der Waals surface area contributed by atoms with Crippen molar-refractivity contribution >= 4 is 21.7 Å². The minimum atomic E-state index is -3.53. The lowest BCUT2D eigenvalue weighted by atomic mass is 9.72. The lowest BCUT2D eigenvalue weighted by molar-refractivity contribution is -0.149. The molecule has 3 unspecified atom stereocenters. The van der Waals surface area contributed by atoms with E-state index >= 15 is 0 Å². The third kappa shape index (κ3) is 5.94. The molecule has 4 rings (SSSR count).